The molecule has 0 unspecified atom stereocenters. The number of quaternary nitrogens is 1. The first-order valence-corrected chi connectivity index (χ1v) is 14.8. The molecule has 3 nitrogen and oxygen atoms in total. The molecule has 0 radical (unpaired) electrons. The van der Waals surface area contributed by atoms with Crippen LogP contribution in [0.25, 0.3) is 10.2 Å². The summed E-state index contributed by atoms with van der Waals surface area (Å²) in [6.07, 6.45) is 14.0. The van der Waals surface area contributed by atoms with Gasteiger partial charge in [0.25, 0.3) is 0 Å². The van der Waals surface area contributed by atoms with Gasteiger partial charge in [-0.1, -0.05) is 85.9 Å². The molecule has 2 aliphatic carbocycles. The average molecular weight is 481 g/mol. The summed E-state index contributed by atoms with van der Waals surface area (Å²) < 4.78 is 3.87. The van der Waals surface area contributed by atoms with Crippen molar-refractivity contribution in [2.24, 2.45) is 16.8 Å². The van der Waals surface area contributed by atoms with E-state index in [4.69, 9.17) is 4.99 Å². The number of fused-ring (bicyclic) bond motifs is 1. The molecule has 0 aliphatic heterocycles. The zero-order valence-corrected chi connectivity index (χ0v) is 21.4. The maximum absolute atomic E-state index is 5.13. The third kappa shape index (κ3) is 6.12. The van der Waals surface area contributed by atoms with Crippen LogP contribution in [0.2, 0.25) is 0 Å². The average Bonchev–Trinajstić information content (AvgIpc) is 3.22. The summed E-state index contributed by atoms with van der Waals surface area (Å²) in [7, 11) is 0. The minimum Gasteiger partial charge on any atom is -0.316 e. The van der Waals surface area contributed by atoms with E-state index in [1.165, 1.54) is 96.4 Å². The molecule has 2 fully saturated rings. The molecule has 2 aliphatic rings. The highest BCUT2D eigenvalue weighted by molar-refractivity contribution is 7.99. The van der Waals surface area contributed by atoms with Crippen molar-refractivity contribution in [3.05, 3.63) is 53.3 Å². The summed E-state index contributed by atoms with van der Waals surface area (Å²) in [5, 5.41) is 2.49. The molecular weight excluding hydrogens is 442 g/mol. The van der Waals surface area contributed by atoms with E-state index in [-0.39, 0.29) is 0 Å². The van der Waals surface area contributed by atoms with Gasteiger partial charge in [-0.05, 0) is 49.8 Å². The molecule has 0 spiro atoms. The summed E-state index contributed by atoms with van der Waals surface area (Å²) in [5.74, 6) is 2.48. The Balaban J connectivity index is 1.29. The van der Waals surface area contributed by atoms with Crippen molar-refractivity contribution in [1.29, 1.82) is 0 Å². The summed E-state index contributed by atoms with van der Waals surface area (Å²) in [6.45, 7) is 2.35. The normalized spacial score (nSPS) is 18.8. The van der Waals surface area contributed by atoms with Gasteiger partial charge in [-0.15, -0.1) is 0 Å². The Labute approximate surface area is 206 Å². The van der Waals surface area contributed by atoms with Crippen LogP contribution in [0.15, 0.2) is 58.4 Å². The largest absolute Gasteiger partial charge is 0.316 e. The van der Waals surface area contributed by atoms with E-state index in [0.29, 0.717) is 0 Å². The van der Waals surface area contributed by atoms with E-state index in [1.54, 1.807) is 0 Å². The lowest BCUT2D eigenvalue weighted by Crippen LogP contribution is -2.79. The van der Waals surface area contributed by atoms with Crippen LogP contribution in [0, 0.1) is 11.8 Å². The number of nitrogens with zero attached hydrogens (tertiary/aromatic N) is 2. The fraction of sp³-hybridized carbons (Fsp3) is 0.536. The van der Waals surface area contributed by atoms with Gasteiger partial charge in [-0.2, -0.15) is 0 Å². The highest BCUT2D eigenvalue weighted by atomic mass is 32.2. The standard InChI is InChI=1S/C28H37N3S2/c1-3-11-22(12-4-1)19-29-24-15-7-9-17-26(24)32-21-30-28-31(20-23-13-5-2-6-14-23)25-16-8-10-18-27(25)33-28/h7-10,15-18,22-23,29H,1-6,11-14,19-21H2/p+1/b30-28-. The molecule has 2 N–H and O–H groups in total. The van der Waals surface area contributed by atoms with Gasteiger partial charge in [-0.25, -0.2) is 4.99 Å². The second-order valence-electron chi connectivity index (χ2n) is 9.88. The first-order chi connectivity index (χ1) is 16.4. The number of aromatic nitrogens is 1. The van der Waals surface area contributed by atoms with Gasteiger partial charge >= 0.3 is 0 Å². The number of nitrogens with two attached hydrogens (primary N) is 1. The second kappa shape index (κ2) is 11.7. The maximum atomic E-state index is 5.13. The minimum absolute atomic E-state index is 0.784. The van der Waals surface area contributed by atoms with Crippen molar-refractivity contribution in [3.8, 4) is 0 Å². The number of thiazole rings is 1. The summed E-state index contributed by atoms with van der Waals surface area (Å²) in [5.41, 5.74) is 2.76. The SMILES string of the molecule is c1ccc(SC/N=c2\sc3ccccc3n2CC2CCCCC2)c([NH2+]CC2CCCCC2)c1. The van der Waals surface area contributed by atoms with Crippen LogP contribution in [0.5, 0.6) is 0 Å². The smallest absolute Gasteiger partial charge is 0.186 e. The minimum atomic E-state index is 0.784. The van der Waals surface area contributed by atoms with Crippen LogP contribution in [-0.2, 0) is 6.54 Å². The number of hydrogen-bond donors (Lipinski definition) is 1. The molecule has 0 atom stereocenters. The summed E-state index contributed by atoms with van der Waals surface area (Å²) in [6, 6.07) is 17.8. The summed E-state index contributed by atoms with van der Waals surface area (Å²) >= 11 is 3.74. The third-order valence-electron chi connectivity index (χ3n) is 7.49. The van der Waals surface area contributed by atoms with Crippen molar-refractivity contribution in [2.75, 3.05) is 12.4 Å². The number of para-hydroxylation sites is 2. The molecule has 2 aromatic carbocycles. The van der Waals surface area contributed by atoms with E-state index in [1.807, 2.05) is 23.1 Å². The molecule has 1 heterocycles. The second-order valence-corrected chi connectivity index (χ2v) is 11.9. The molecule has 0 bridgehead atoms. The van der Waals surface area contributed by atoms with Gasteiger partial charge in [0, 0.05) is 18.5 Å². The zero-order valence-electron chi connectivity index (χ0n) is 19.8. The van der Waals surface area contributed by atoms with Gasteiger partial charge in [0.15, 0.2) is 4.80 Å². The first-order valence-electron chi connectivity index (χ1n) is 13.0. The first kappa shape index (κ1) is 23.2. The van der Waals surface area contributed by atoms with Gasteiger partial charge in [0.05, 0.1) is 27.5 Å². The van der Waals surface area contributed by atoms with Crippen molar-refractivity contribution >= 4 is 39.0 Å². The molecule has 0 amide bonds. The molecule has 1 aromatic heterocycles. The number of hydrogen-bond acceptors (Lipinski definition) is 3. The van der Waals surface area contributed by atoms with Gasteiger partial charge < -0.3 is 9.88 Å². The van der Waals surface area contributed by atoms with E-state index in [9.17, 15) is 0 Å². The molecule has 0 saturated heterocycles. The monoisotopic (exact) mass is 480 g/mol. The lowest BCUT2D eigenvalue weighted by atomic mass is 9.89. The molecule has 2 saturated carbocycles. The topological polar surface area (TPSA) is 33.9 Å². The van der Waals surface area contributed by atoms with Crippen LogP contribution < -0.4 is 10.1 Å². The van der Waals surface area contributed by atoms with E-state index in [0.717, 1.165) is 24.3 Å². The Bertz CT molecular complexity index is 1090. The van der Waals surface area contributed by atoms with Crippen LogP contribution in [-0.4, -0.2) is 17.0 Å². The van der Waals surface area contributed by atoms with Crippen LogP contribution in [0.3, 0.4) is 0 Å². The van der Waals surface area contributed by atoms with Crippen molar-refractivity contribution in [1.82, 2.24) is 4.57 Å². The maximum Gasteiger partial charge on any atom is 0.186 e. The van der Waals surface area contributed by atoms with Crippen LogP contribution >= 0.6 is 23.1 Å². The van der Waals surface area contributed by atoms with Crippen LogP contribution in [0.4, 0.5) is 5.69 Å². The number of thioether (sulfide) groups is 1. The molecule has 5 heteroatoms. The molecule has 176 valence electrons. The molecule has 3 aromatic rings. The quantitative estimate of drug-likeness (QED) is 0.282. The third-order valence-corrected chi connectivity index (χ3v) is 9.53. The summed E-state index contributed by atoms with van der Waals surface area (Å²) in [4.78, 5) is 7.69. The Kier molecular flexibility index (Phi) is 8.24. The zero-order chi connectivity index (χ0) is 22.3. The molecular formula is C28H38N3S2+. The Hall–Kier alpha value is -1.56. The highest BCUT2D eigenvalue weighted by Gasteiger charge is 2.18. The lowest BCUT2D eigenvalue weighted by Gasteiger charge is -2.22. The predicted molar refractivity (Wildman–Crippen MR) is 142 cm³/mol. The lowest BCUT2D eigenvalue weighted by molar-refractivity contribution is -0.581. The van der Waals surface area contributed by atoms with E-state index < -0.39 is 0 Å². The predicted octanol–water partition coefficient (Wildman–Crippen LogP) is 6.71. The number of rotatable bonds is 8. The highest BCUT2D eigenvalue weighted by Crippen LogP contribution is 2.28. The van der Waals surface area contributed by atoms with Crippen LogP contribution in [0.1, 0.15) is 64.2 Å². The fourth-order valence-electron chi connectivity index (χ4n) is 5.60. The Morgan fingerprint density at radius 2 is 1.55 bits per heavy atom. The Morgan fingerprint density at radius 1 is 0.848 bits per heavy atom. The fourth-order valence-corrected chi connectivity index (χ4v) is 7.54. The van der Waals surface area contributed by atoms with Gasteiger partial charge in [0.2, 0.25) is 0 Å². The van der Waals surface area contributed by atoms with Gasteiger partial charge in [0.1, 0.15) is 5.69 Å². The Morgan fingerprint density at radius 3 is 2.36 bits per heavy atom. The molecule has 33 heavy (non-hydrogen) atoms. The number of benzene rings is 2. The van der Waals surface area contributed by atoms with E-state index >= 15 is 0 Å². The molecule has 5 rings (SSSR count). The van der Waals surface area contributed by atoms with Crippen molar-refractivity contribution in [2.45, 2.75) is 75.6 Å². The van der Waals surface area contributed by atoms with Gasteiger partial charge in [-0.3, -0.25) is 0 Å². The van der Waals surface area contributed by atoms with Crippen molar-refractivity contribution in [3.63, 3.8) is 0 Å². The van der Waals surface area contributed by atoms with E-state index in [2.05, 4.69) is 58.4 Å². The van der Waals surface area contributed by atoms with Crippen molar-refractivity contribution < 1.29 is 5.32 Å².